The fourth-order valence-corrected chi connectivity index (χ4v) is 0.685. The van der Waals surface area contributed by atoms with Gasteiger partial charge in [0, 0.05) is 14.9 Å². The van der Waals surface area contributed by atoms with Crippen LogP contribution in [0.1, 0.15) is 0 Å². The maximum Gasteiger partial charge on any atom is 0.0756 e. The van der Waals surface area contributed by atoms with Crippen LogP contribution in [0.25, 0.3) is 0 Å². The van der Waals surface area contributed by atoms with Gasteiger partial charge in [0.2, 0.25) is 0 Å². The maximum atomic E-state index is 4.58. The first-order valence-electron chi connectivity index (χ1n) is 1.55. The van der Waals surface area contributed by atoms with E-state index >= 15 is 0 Å². The van der Waals surface area contributed by atoms with Crippen LogP contribution in [0.4, 0.5) is 0 Å². The highest BCUT2D eigenvalue weighted by atomic mass is 31.1. The normalized spacial score (nSPS) is 28.8. The Balaban J connectivity index is 2.08. The van der Waals surface area contributed by atoms with Crippen molar-refractivity contribution >= 4 is 8.73 Å². The van der Waals surface area contributed by atoms with Gasteiger partial charge in [-0.3, -0.25) is 4.84 Å². The Bertz CT molecular complexity index is 21.2. The van der Waals surface area contributed by atoms with Gasteiger partial charge in [0.05, 0.1) is 6.61 Å². The molecule has 0 aromatic heterocycles. The van der Waals surface area contributed by atoms with Crippen molar-refractivity contribution in [1.29, 1.82) is 0 Å². The van der Waals surface area contributed by atoms with Crippen molar-refractivity contribution in [2.24, 2.45) is 0 Å². The molecule has 0 bridgehead atoms. The van der Waals surface area contributed by atoms with Crippen molar-refractivity contribution in [2.45, 2.75) is 0 Å². The average Bonchev–Trinajstić information content (AvgIpc) is 1.76. The van der Waals surface area contributed by atoms with Crippen LogP contribution in [-0.4, -0.2) is 12.8 Å². The van der Waals surface area contributed by atoms with E-state index in [1.165, 1.54) is 0 Å². The monoisotopic (exact) mass is 90.0 g/mol. The molecule has 2 nitrogen and oxygen atoms in total. The van der Waals surface area contributed by atoms with Crippen LogP contribution in [0.5, 0.6) is 0 Å². The van der Waals surface area contributed by atoms with E-state index in [1.807, 2.05) is 0 Å². The third-order valence-electron chi connectivity index (χ3n) is 0.434. The number of hydrogen-bond acceptors (Lipinski definition) is 1. The minimum absolute atomic E-state index is 0.711. The summed E-state index contributed by atoms with van der Waals surface area (Å²) in [5, 5.41) is 3.61. The van der Waals surface area contributed by atoms with Crippen molar-refractivity contribution in [2.75, 3.05) is 12.8 Å². The van der Waals surface area contributed by atoms with E-state index in [-0.39, 0.29) is 0 Å². The van der Waals surface area contributed by atoms with Crippen LogP contribution in [-0.2, 0) is 4.84 Å². The van der Waals surface area contributed by atoms with Gasteiger partial charge >= 0.3 is 0 Å². The highest BCUT2D eigenvalue weighted by molar-refractivity contribution is 7.35. The van der Waals surface area contributed by atoms with Crippen molar-refractivity contribution in [3.8, 4) is 0 Å². The summed E-state index contributed by atoms with van der Waals surface area (Å²) in [7, 11) is 0.711. The zero-order valence-corrected chi connectivity index (χ0v) is 3.77. The summed E-state index contributed by atoms with van der Waals surface area (Å²) in [6.45, 7) is 0.846. The Morgan fingerprint density at radius 3 is 3.00 bits per heavy atom. The van der Waals surface area contributed by atoms with Crippen molar-refractivity contribution in [3.05, 3.63) is 0 Å². The zero-order valence-electron chi connectivity index (χ0n) is 2.77. The topological polar surface area (TPSA) is 23.3 Å². The van der Waals surface area contributed by atoms with E-state index in [0.29, 0.717) is 8.73 Å². The van der Waals surface area contributed by atoms with Crippen LogP contribution in [0.3, 0.4) is 0 Å². The Kier molecular flexibility index (Phi) is 1.21. The lowest BCUT2D eigenvalue weighted by molar-refractivity contribution is 0.125. The van der Waals surface area contributed by atoms with Crippen molar-refractivity contribution in [3.63, 3.8) is 0 Å². The number of hydrogen-bond donors (Lipinski definition) is 0. The molecule has 1 fully saturated rings. The van der Waals surface area contributed by atoms with E-state index in [9.17, 15) is 0 Å². The fourth-order valence-electron chi connectivity index (χ4n) is 0.228. The van der Waals surface area contributed by atoms with Crippen molar-refractivity contribution in [1.82, 2.24) is 5.25 Å². The van der Waals surface area contributed by atoms with Gasteiger partial charge in [-0.2, -0.15) is 0 Å². The van der Waals surface area contributed by atoms with Gasteiger partial charge in [-0.05, 0) is 0 Å². The fraction of sp³-hybridized carbons (Fsp3) is 1.00. The van der Waals surface area contributed by atoms with E-state index in [0.717, 1.165) is 12.8 Å². The summed E-state index contributed by atoms with van der Waals surface area (Å²) in [4.78, 5) is 4.58. The molecule has 1 atom stereocenters. The van der Waals surface area contributed by atoms with Gasteiger partial charge in [0.1, 0.15) is 0 Å². The first kappa shape index (κ1) is 3.54. The molecule has 29 valence electrons. The molecule has 1 radical (unpaired) electrons. The molecule has 0 aromatic rings. The molecule has 0 spiro atoms. The highest BCUT2D eigenvalue weighted by Gasteiger charge is 1.96. The van der Waals surface area contributed by atoms with E-state index in [1.54, 1.807) is 0 Å². The first-order chi connectivity index (χ1) is 2.50. The lowest BCUT2D eigenvalue weighted by Gasteiger charge is -1.74. The Labute approximate surface area is 32.7 Å². The lowest BCUT2D eigenvalue weighted by Crippen LogP contribution is -1.82. The summed E-state index contributed by atoms with van der Waals surface area (Å²) in [5.41, 5.74) is 0. The molecule has 1 rings (SSSR count). The molecule has 0 aromatic carbocycles. The summed E-state index contributed by atoms with van der Waals surface area (Å²) in [6, 6.07) is 0. The minimum Gasteiger partial charge on any atom is -0.278 e. The van der Waals surface area contributed by atoms with Crippen LogP contribution >= 0.6 is 8.73 Å². The summed E-state index contributed by atoms with van der Waals surface area (Å²) >= 11 is 0. The Morgan fingerprint density at radius 2 is 2.80 bits per heavy atom. The lowest BCUT2D eigenvalue weighted by atomic mass is 10.9. The second kappa shape index (κ2) is 1.71. The number of nitrogens with zero attached hydrogens (tertiary/aromatic N) is 1. The van der Waals surface area contributed by atoms with Gasteiger partial charge in [0.25, 0.3) is 0 Å². The van der Waals surface area contributed by atoms with Crippen LogP contribution in [0.15, 0.2) is 0 Å². The predicted molar refractivity (Wildman–Crippen MR) is 21.3 cm³/mol. The summed E-state index contributed by atoms with van der Waals surface area (Å²) in [6.07, 6.45) is 1.14. The van der Waals surface area contributed by atoms with Crippen LogP contribution in [0.2, 0.25) is 0 Å². The van der Waals surface area contributed by atoms with E-state index in [4.69, 9.17) is 0 Å². The third-order valence-corrected chi connectivity index (χ3v) is 1.12. The number of rotatable bonds is 0. The molecule has 5 heavy (non-hydrogen) atoms. The Morgan fingerprint density at radius 1 is 1.80 bits per heavy atom. The molecule has 0 saturated carbocycles. The molecule has 0 aliphatic carbocycles. The van der Waals surface area contributed by atoms with Gasteiger partial charge in [-0.1, -0.05) is 5.25 Å². The molecular formula is C2H5NOP. The molecule has 3 heteroatoms. The van der Waals surface area contributed by atoms with Gasteiger partial charge in [-0.25, -0.2) is 0 Å². The van der Waals surface area contributed by atoms with Crippen LogP contribution in [0, 0.1) is 0 Å². The smallest absolute Gasteiger partial charge is 0.0756 e. The predicted octanol–water partition coefficient (Wildman–Crippen LogP) is 0.129. The Hall–Kier alpha value is 0.350. The standard InChI is InChI=1S/C2H5NOP/c1-2-5-3-4-1/h5H,1-2H2. The second-order valence-corrected chi connectivity index (χ2v) is 1.83. The molecule has 1 unspecified atom stereocenters. The average molecular weight is 90.0 g/mol. The SMILES string of the molecule is C1CP[N]O1. The largest absolute Gasteiger partial charge is 0.278 e. The molecule has 1 saturated heterocycles. The molecule has 0 amide bonds. The molecule has 1 aliphatic rings. The molecule has 1 heterocycles. The summed E-state index contributed by atoms with van der Waals surface area (Å²) in [5.74, 6) is 0. The van der Waals surface area contributed by atoms with Gasteiger partial charge < -0.3 is 0 Å². The third kappa shape index (κ3) is 0.839. The van der Waals surface area contributed by atoms with E-state index in [2.05, 4.69) is 10.1 Å². The first-order valence-corrected chi connectivity index (χ1v) is 2.70. The quantitative estimate of drug-likeness (QED) is 0.388. The molecule has 1 aliphatic heterocycles. The van der Waals surface area contributed by atoms with Gasteiger partial charge in [-0.15, -0.1) is 0 Å². The maximum absolute atomic E-state index is 4.58. The summed E-state index contributed by atoms with van der Waals surface area (Å²) < 4.78 is 0. The van der Waals surface area contributed by atoms with Crippen LogP contribution < -0.4 is 5.25 Å². The minimum atomic E-state index is 0.711. The van der Waals surface area contributed by atoms with E-state index < -0.39 is 0 Å². The highest BCUT2D eigenvalue weighted by Crippen LogP contribution is 2.10. The molecule has 0 N–H and O–H groups in total. The van der Waals surface area contributed by atoms with Crippen molar-refractivity contribution < 1.29 is 4.84 Å². The zero-order chi connectivity index (χ0) is 3.54. The van der Waals surface area contributed by atoms with Gasteiger partial charge in [0.15, 0.2) is 0 Å². The molecular weight excluding hydrogens is 85.0 g/mol. The second-order valence-electron chi connectivity index (χ2n) is 0.833.